The molecule has 11 heteroatoms. The molecule has 0 fully saturated rings. The fourth-order valence-electron chi connectivity index (χ4n) is 1.49. The molecule has 24 heavy (non-hydrogen) atoms. The van der Waals surface area contributed by atoms with E-state index >= 15 is 0 Å². The second-order valence-corrected chi connectivity index (χ2v) is 6.10. The molecule has 0 spiro atoms. The van der Waals surface area contributed by atoms with Gasteiger partial charge in [0.1, 0.15) is 12.1 Å². The SMILES string of the molecule is CC(C)C(N)C(=O)NC(CS)C(=O)NCC(=O)NC(CS)C(=O)O. The Kier molecular flexibility index (Phi) is 10.5. The van der Waals surface area contributed by atoms with Gasteiger partial charge >= 0.3 is 5.97 Å². The fraction of sp³-hybridized carbons (Fsp3) is 0.692. The molecule has 3 amide bonds. The molecular weight excluding hydrogens is 356 g/mol. The van der Waals surface area contributed by atoms with E-state index in [9.17, 15) is 19.2 Å². The third kappa shape index (κ3) is 7.88. The topological polar surface area (TPSA) is 151 Å². The number of hydrogen-bond acceptors (Lipinski definition) is 7. The van der Waals surface area contributed by atoms with Crippen LogP contribution in [0.3, 0.4) is 0 Å². The van der Waals surface area contributed by atoms with Gasteiger partial charge in [-0.2, -0.15) is 25.3 Å². The quantitative estimate of drug-likeness (QED) is 0.218. The monoisotopic (exact) mass is 380 g/mol. The molecule has 9 nitrogen and oxygen atoms in total. The highest BCUT2D eigenvalue weighted by Gasteiger charge is 2.25. The molecule has 0 heterocycles. The van der Waals surface area contributed by atoms with Gasteiger partial charge in [0.25, 0.3) is 0 Å². The minimum Gasteiger partial charge on any atom is -0.480 e. The average Bonchev–Trinajstić information content (AvgIpc) is 2.53. The van der Waals surface area contributed by atoms with Crippen molar-refractivity contribution in [1.29, 1.82) is 0 Å². The predicted molar refractivity (Wildman–Crippen MR) is 95.0 cm³/mol. The summed E-state index contributed by atoms with van der Waals surface area (Å²) in [7, 11) is 0. The molecule has 3 unspecified atom stereocenters. The second kappa shape index (κ2) is 11.2. The van der Waals surface area contributed by atoms with Crippen LogP contribution in [0.15, 0.2) is 0 Å². The van der Waals surface area contributed by atoms with E-state index in [0.29, 0.717) is 0 Å². The van der Waals surface area contributed by atoms with Gasteiger partial charge < -0.3 is 26.8 Å². The summed E-state index contributed by atoms with van der Waals surface area (Å²) >= 11 is 7.79. The van der Waals surface area contributed by atoms with Crippen molar-refractivity contribution in [3.8, 4) is 0 Å². The summed E-state index contributed by atoms with van der Waals surface area (Å²) in [4.78, 5) is 46.2. The van der Waals surface area contributed by atoms with Crippen molar-refractivity contribution in [1.82, 2.24) is 16.0 Å². The Morgan fingerprint density at radius 3 is 1.96 bits per heavy atom. The number of amides is 3. The van der Waals surface area contributed by atoms with Crippen molar-refractivity contribution in [3.05, 3.63) is 0 Å². The molecule has 0 aliphatic heterocycles. The van der Waals surface area contributed by atoms with Gasteiger partial charge in [-0.05, 0) is 5.92 Å². The molecular formula is C13H24N4O5S2. The number of carboxylic acids is 1. The number of aliphatic carboxylic acids is 1. The van der Waals surface area contributed by atoms with Crippen molar-refractivity contribution >= 4 is 48.9 Å². The normalized spacial score (nSPS) is 14.4. The lowest BCUT2D eigenvalue weighted by Crippen LogP contribution is -2.55. The fourth-order valence-corrected chi connectivity index (χ4v) is 1.99. The van der Waals surface area contributed by atoms with Crippen LogP contribution in [0.2, 0.25) is 0 Å². The zero-order valence-electron chi connectivity index (χ0n) is 13.5. The first kappa shape index (κ1) is 22.5. The molecule has 138 valence electrons. The first-order valence-electron chi connectivity index (χ1n) is 7.21. The molecule has 0 bridgehead atoms. The minimum absolute atomic E-state index is 0.0123. The number of nitrogens with two attached hydrogens (primary N) is 1. The number of carbonyl (C=O) groups is 4. The maximum absolute atomic E-state index is 12.0. The van der Waals surface area contributed by atoms with Gasteiger partial charge in [0.2, 0.25) is 17.7 Å². The molecule has 0 radical (unpaired) electrons. The molecule has 3 atom stereocenters. The van der Waals surface area contributed by atoms with Crippen LogP contribution in [0, 0.1) is 5.92 Å². The number of carboxylic acid groups (broad SMARTS) is 1. The summed E-state index contributed by atoms with van der Waals surface area (Å²) in [5, 5.41) is 15.8. The molecule has 0 rings (SSSR count). The van der Waals surface area contributed by atoms with E-state index in [1.165, 1.54) is 0 Å². The Bertz CT molecular complexity index is 475. The minimum atomic E-state index is -1.23. The summed E-state index contributed by atoms with van der Waals surface area (Å²) in [5.74, 6) is -3.21. The van der Waals surface area contributed by atoms with Crippen molar-refractivity contribution in [2.75, 3.05) is 18.1 Å². The molecule has 0 aromatic carbocycles. The summed E-state index contributed by atoms with van der Waals surface area (Å²) in [5.41, 5.74) is 5.69. The van der Waals surface area contributed by atoms with Gasteiger partial charge in [-0.1, -0.05) is 13.8 Å². The summed E-state index contributed by atoms with van der Waals surface area (Å²) in [6.07, 6.45) is 0. The van der Waals surface area contributed by atoms with Crippen LogP contribution in [-0.2, 0) is 19.2 Å². The van der Waals surface area contributed by atoms with Crippen LogP contribution in [0.4, 0.5) is 0 Å². The van der Waals surface area contributed by atoms with E-state index in [0.717, 1.165) is 0 Å². The molecule has 0 aromatic heterocycles. The zero-order chi connectivity index (χ0) is 18.9. The number of thiol groups is 2. The van der Waals surface area contributed by atoms with E-state index < -0.39 is 48.4 Å². The van der Waals surface area contributed by atoms with Crippen LogP contribution in [0.25, 0.3) is 0 Å². The lowest BCUT2D eigenvalue weighted by molar-refractivity contribution is -0.141. The number of rotatable bonds is 10. The van der Waals surface area contributed by atoms with Gasteiger partial charge in [-0.25, -0.2) is 4.79 Å². The average molecular weight is 380 g/mol. The number of hydrogen-bond donors (Lipinski definition) is 7. The Balaban J connectivity index is 4.48. The van der Waals surface area contributed by atoms with Crippen LogP contribution >= 0.6 is 25.3 Å². The lowest BCUT2D eigenvalue weighted by Gasteiger charge is -2.21. The van der Waals surface area contributed by atoms with E-state index in [1.807, 2.05) is 0 Å². The zero-order valence-corrected chi connectivity index (χ0v) is 15.3. The highest BCUT2D eigenvalue weighted by atomic mass is 32.1. The third-order valence-corrected chi connectivity index (χ3v) is 3.81. The highest BCUT2D eigenvalue weighted by molar-refractivity contribution is 7.80. The van der Waals surface area contributed by atoms with Crippen molar-refractivity contribution in [2.24, 2.45) is 11.7 Å². The first-order chi connectivity index (χ1) is 11.1. The van der Waals surface area contributed by atoms with Gasteiger partial charge in [0, 0.05) is 11.5 Å². The summed E-state index contributed by atoms with van der Waals surface area (Å²) in [6, 6.07) is -2.88. The summed E-state index contributed by atoms with van der Waals surface area (Å²) in [6.45, 7) is 3.10. The number of nitrogens with one attached hydrogen (secondary N) is 3. The Hall–Kier alpha value is -1.46. The van der Waals surface area contributed by atoms with E-state index in [2.05, 4.69) is 41.2 Å². The van der Waals surface area contributed by atoms with E-state index in [4.69, 9.17) is 10.8 Å². The maximum atomic E-state index is 12.0. The summed E-state index contributed by atoms with van der Waals surface area (Å²) < 4.78 is 0. The van der Waals surface area contributed by atoms with Crippen molar-refractivity contribution < 1.29 is 24.3 Å². The Morgan fingerprint density at radius 1 is 1.00 bits per heavy atom. The number of carbonyl (C=O) groups excluding carboxylic acids is 3. The Labute approximate surface area is 151 Å². The second-order valence-electron chi connectivity index (χ2n) is 5.37. The third-order valence-electron chi connectivity index (χ3n) is 3.08. The predicted octanol–water partition coefficient (Wildman–Crippen LogP) is -2.00. The Morgan fingerprint density at radius 2 is 1.54 bits per heavy atom. The molecule has 0 saturated heterocycles. The van der Waals surface area contributed by atoms with Crippen molar-refractivity contribution in [3.63, 3.8) is 0 Å². The van der Waals surface area contributed by atoms with E-state index in [-0.39, 0.29) is 17.4 Å². The first-order valence-corrected chi connectivity index (χ1v) is 8.48. The largest absolute Gasteiger partial charge is 0.480 e. The maximum Gasteiger partial charge on any atom is 0.327 e. The lowest BCUT2D eigenvalue weighted by atomic mass is 10.0. The van der Waals surface area contributed by atoms with E-state index in [1.54, 1.807) is 13.8 Å². The molecule has 0 aliphatic carbocycles. The standard InChI is InChI=1S/C13H24N4O5S2/c1-6(2)10(14)12(20)17-7(4-23)11(19)15-3-9(18)16-8(5-24)13(21)22/h6-8,10,23-24H,3-5,14H2,1-2H3,(H,15,19)(H,16,18)(H,17,20)(H,21,22). The molecule has 0 aromatic rings. The van der Waals surface area contributed by atoms with Crippen LogP contribution in [0.1, 0.15) is 13.8 Å². The molecule has 6 N–H and O–H groups in total. The van der Waals surface area contributed by atoms with Gasteiger partial charge in [0.15, 0.2) is 0 Å². The molecule has 0 aliphatic rings. The molecule has 0 saturated carbocycles. The van der Waals surface area contributed by atoms with Crippen LogP contribution in [-0.4, -0.2) is 65.0 Å². The smallest absolute Gasteiger partial charge is 0.327 e. The highest BCUT2D eigenvalue weighted by Crippen LogP contribution is 1.99. The van der Waals surface area contributed by atoms with Gasteiger partial charge in [0.05, 0.1) is 12.6 Å². The van der Waals surface area contributed by atoms with Gasteiger partial charge in [-0.3, -0.25) is 14.4 Å². The van der Waals surface area contributed by atoms with Crippen LogP contribution in [0.5, 0.6) is 0 Å². The van der Waals surface area contributed by atoms with Crippen molar-refractivity contribution in [2.45, 2.75) is 32.0 Å². The van der Waals surface area contributed by atoms with Gasteiger partial charge in [-0.15, -0.1) is 0 Å². The van der Waals surface area contributed by atoms with Crippen LogP contribution < -0.4 is 21.7 Å².